The lowest BCUT2D eigenvalue weighted by Crippen LogP contribution is -2.40. The minimum absolute atomic E-state index is 0.0593. The summed E-state index contributed by atoms with van der Waals surface area (Å²) < 4.78 is 24.2. The normalized spacial score (nSPS) is 17.2. The fraction of sp³-hybridized carbons (Fsp3) is 0.208. The molecule has 4 rings (SSSR count). The quantitative estimate of drug-likeness (QED) is 0.356. The van der Waals surface area contributed by atoms with Gasteiger partial charge in [-0.05, 0) is 47.9 Å². The first kappa shape index (κ1) is 24.4. The predicted octanol–water partition coefficient (Wildman–Crippen LogP) is 6.80. The summed E-state index contributed by atoms with van der Waals surface area (Å²) in [6.07, 6.45) is 0.387. The zero-order chi connectivity index (χ0) is 23.8. The van der Waals surface area contributed by atoms with Crippen molar-refractivity contribution in [3.63, 3.8) is 0 Å². The van der Waals surface area contributed by atoms with Crippen LogP contribution in [0.2, 0.25) is 20.1 Å². The van der Waals surface area contributed by atoms with Gasteiger partial charge in [0.1, 0.15) is 0 Å². The van der Waals surface area contributed by atoms with E-state index in [4.69, 9.17) is 46.4 Å². The third-order valence-corrected chi connectivity index (χ3v) is 8.47. The topological polar surface area (TPSA) is 54.5 Å². The number of nitrogens with zero attached hydrogens (tertiary/aromatic N) is 1. The average molecular weight is 543 g/mol. The highest BCUT2D eigenvalue weighted by Gasteiger charge is 2.35. The van der Waals surface area contributed by atoms with Gasteiger partial charge in [-0.3, -0.25) is 4.79 Å². The van der Waals surface area contributed by atoms with Gasteiger partial charge in [-0.25, -0.2) is 8.42 Å². The maximum Gasteiger partial charge on any atom is 0.255 e. The number of halogens is 4. The fourth-order valence-corrected chi connectivity index (χ4v) is 6.65. The van der Waals surface area contributed by atoms with Gasteiger partial charge in [0.15, 0.2) is 9.84 Å². The van der Waals surface area contributed by atoms with Gasteiger partial charge in [-0.1, -0.05) is 76.7 Å². The van der Waals surface area contributed by atoms with Crippen LogP contribution in [-0.4, -0.2) is 36.8 Å². The fourth-order valence-electron chi connectivity index (χ4n) is 3.92. The molecule has 1 saturated heterocycles. The highest BCUT2D eigenvalue weighted by molar-refractivity contribution is 7.91. The maximum atomic E-state index is 13.4. The molecule has 3 aromatic rings. The minimum Gasteiger partial charge on any atom is -0.330 e. The Morgan fingerprint density at radius 3 is 2.09 bits per heavy atom. The molecule has 1 atom stereocenters. The number of hydrogen-bond donors (Lipinski definition) is 0. The third-order valence-electron chi connectivity index (χ3n) is 5.62. The first-order valence-electron chi connectivity index (χ1n) is 10.1. The number of amides is 1. The molecule has 9 heteroatoms. The van der Waals surface area contributed by atoms with Crippen LogP contribution in [0.15, 0.2) is 60.7 Å². The van der Waals surface area contributed by atoms with Crippen molar-refractivity contribution in [3.05, 3.63) is 91.9 Å². The van der Waals surface area contributed by atoms with Crippen LogP contribution in [0.3, 0.4) is 0 Å². The molecular weight excluding hydrogens is 524 g/mol. The van der Waals surface area contributed by atoms with Crippen LogP contribution in [0.4, 0.5) is 0 Å². The Morgan fingerprint density at radius 2 is 1.52 bits per heavy atom. The molecule has 1 unspecified atom stereocenters. The summed E-state index contributed by atoms with van der Waals surface area (Å²) in [5.74, 6) is -0.338. The first-order chi connectivity index (χ1) is 15.6. The van der Waals surface area contributed by atoms with Crippen molar-refractivity contribution in [1.29, 1.82) is 0 Å². The Hall–Kier alpha value is -1.76. The molecule has 0 aliphatic carbocycles. The summed E-state index contributed by atoms with van der Waals surface area (Å²) in [4.78, 5) is 15.0. The van der Waals surface area contributed by atoms with E-state index in [1.54, 1.807) is 29.2 Å². The number of sulfone groups is 1. The Balaban J connectivity index is 1.63. The van der Waals surface area contributed by atoms with Crippen molar-refractivity contribution in [2.45, 2.75) is 19.0 Å². The van der Waals surface area contributed by atoms with Gasteiger partial charge < -0.3 is 4.90 Å². The molecule has 1 heterocycles. The summed E-state index contributed by atoms with van der Waals surface area (Å²) in [6.45, 7) is 0.243. The molecule has 3 aromatic carbocycles. The van der Waals surface area contributed by atoms with Gasteiger partial charge in [0.25, 0.3) is 5.91 Å². The van der Waals surface area contributed by atoms with Crippen molar-refractivity contribution in [2.24, 2.45) is 0 Å². The summed E-state index contributed by atoms with van der Waals surface area (Å²) in [5.41, 5.74) is 2.89. The van der Waals surface area contributed by atoms with Crippen LogP contribution in [-0.2, 0) is 16.4 Å². The molecule has 0 saturated carbocycles. The second-order valence-corrected chi connectivity index (χ2v) is 11.9. The van der Waals surface area contributed by atoms with Crippen LogP contribution in [0.1, 0.15) is 22.3 Å². The van der Waals surface area contributed by atoms with Gasteiger partial charge in [-0.2, -0.15) is 0 Å². The zero-order valence-electron chi connectivity index (χ0n) is 17.3. The standard InChI is InChI=1S/C24H19Cl4NO3S/c25-17-5-7-20(22(27)11-17)16-3-1-15(2-4-16)13-29(19-9-10-33(31,32)14-19)24(30)21-8-6-18(26)12-23(21)28/h1-8,11-12,19H,9-10,13-14H2. The maximum absolute atomic E-state index is 13.4. The molecule has 0 N–H and O–H groups in total. The molecule has 0 aromatic heterocycles. The molecule has 1 amide bonds. The van der Waals surface area contributed by atoms with Gasteiger partial charge in [0.2, 0.25) is 0 Å². The van der Waals surface area contributed by atoms with Crippen LogP contribution in [0.25, 0.3) is 11.1 Å². The van der Waals surface area contributed by atoms with Crippen molar-refractivity contribution in [3.8, 4) is 11.1 Å². The molecule has 0 spiro atoms. The SMILES string of the molecule is O=C(c1ccc(Cl)cc1Cl)N(Cc1ccc(-c2ccc(Cl)cc2Cl)cc1)C1CCS(=O)(=O)C1. The van der Waals surface area contributed by atoms with E-state index in [-0.39, 0.29) is 34.5 Å². The van der Waals surface area contributed by atoms with E-state index in [2.05, 4.69) is 0 Å². The van der Waals surface area contributed by atoms with Crippen molar-refractivity contribution in [1.82, 2.24) is 4.90 Å². The molecular formula is C24H19Cl4NO3S. The van der Waals surface area contributed by atoms with E-state index >= 15 is 0 Å². The van der Waals surface area contributed by atoms with Gasteiger partial charge in [-0.15, -0.1) is 0 Å². The van der Waals surface area contributed by atoms with E-state index in [0.717, 1.165) is 16.7 Å². The first-order valence-corrected chi connectivity index (χ1v) is 13.5. The Labute approximate surface area is 212 Å². The van der Waals surface area contributed by atoms with Crippen LogP contribution >= 0.6 is 46.4 Å². The van der Waals surface area contributed by atoms with Crippen molar-refractivity contribution >= 4 is 62.1 Å². The second-order valence-electron chi connectivity index (χ2n) is 7.94. The predicted molar refractivity (Wildman–Crippen MR) is 135 cm³/mol. The van der Waals surface area contributed by atoms with Gasteiger partial charge in [0, 0.05) is 33.2 Å². The minimum atomic E-state index is -3.19. The van der Waals surface area contributed by atoms with E-state index < -0.39 is 15.9 Å². The number of carbonyl (C=O) groups excluding carboxylic acids is 1. The average Bonchev–Trinajstić information content (AvgIpc) is 3.11. The Bertz CT molecular complexity index is 1310. The lowest BCUT2D eigenvalue weighted by molar-refractivity contribution is 0.0681. The van der Waals surface area contributed by atoms with Gasteiger partial charge >= 0.3 is 0 Å². The summed E-state index contributed by atoms with van der Waals surface area (Å²) in [6, 6.07) is 17.1. The Kier molecular flexibility index (Phi) is 7.27. The van der Waals surface area contributed by atoms with Crippen LogP contribution in [0.5, 0.6) is 0 Å². The smallest absolute Gasteiger partial charge is 0.255 e. The summed E-state index contributed by atoms with van der Waals surface area (Å²) in [5, 5.41) is 1.75. The molecule has 0 bridgehead atoms. The van der Waals surface area contributed by atoms with Crippen molar-refractivity contribution in [2.75, 3.05) is 11.5 Å². The lowest BCUT2D eigenvalue weighted by atomic mass is 10.0. The zero-order valence-corrected chi connectivity index (χ0v) is 21.1. The lowest BCUT2D eigenvalue weighted by Gasteiger charge is -2.29. The summed E-state index contributed by atoms with van der Waals surface area (Å²) in [7, 11) is -3.19. The monoisotopic (exact) mass is 541 g/mol. The van der Waals surface area contributed by atoms with Gasteiger partial charge in [0.05, 0.1) is 22.1 Å². The Morgan fingerprint density at radius 1 is 0.879 bits per heavy atom. The molecule has 4 nitrogen and oxygen atoms in total. The van der Waals surface area contributed by atoms with E-state index in [1.165, 1.54) is 6.07 Å². The molecule has 1 aliphatic heterocycles. The highest BCUT2D eigenvalue weighted by atomic mass is 35.5. The number of carbonyl (C=O) groups is 1. The number of benzene rings is 3. The van der Waals surface area contributed by atoms with Crippen LogP contribution in [0, 0.1) is 0 Å². The number of rotatable bonds is 5. The molecule has 33 heavy (non-hydrogen) atoms. The van der Waals surface area contributed by atoms with Crippen molar-refractivity contribution < 1.29 is 13.2 Å². The molecule has 1 aliphatic rings. The van der Waals surface area contributed by atoms with Crippen LogP contribution < -0.4 is 0 Å². The summed E-state index contributed by atoms with van der Waals surface area (Å²) >= 11 is 24.6. The third kappa shape index (κ3) is 5.67. The van der Waals surface area contributed by atoms with E-state index in [0.29, 0.717) is 21.5 Å². The van der Waals surface area contributed by atoms with E-state index in [9.17, 15) is 13.2 Å². The molecule has 1 fully saturated rings. The molecule has 172 valence electrons. The highest BCUT2D eigenvalue weighted by Crippen LogP contribution is 2.31. The second kappa shape index (κ2) is 9.85. The van der Waals surface area contributed by atoms with E-state index in [1.807, 2.05) is 30.3 Å². The number of hydrogen-bond acceptors (Lipinski definition) is 3. The molecule has 0 radical (unpaired) electrons. The largest absolute Gasteiger partial charge is 0.330 e.